The Hall–Kier alpha value is -1.26. The smallest absolute Gasteiger partial charge is 0.162 e. The number of hydrogen-bond donors (Lipinski definition) is 0. The lowest BCUT2D eigenvalue weighted by Crippen LogP contribution is -2.27. The molecule has 23 heavy (non-hydrogen) atoms. The number of rotatable bonds is 7. The summed E-state index contributed by atoms with van der Waals surface area (Å²) >= 11 is 3.51. The Morgan fingerprint density at radius 3 is 2.30 bits per heavy atom. The molecule has 4 heteroatoms. The lowest BCUT2D eigenvalue weighted by atomic mass is 10.2. The van der Waals surface area contributed by atoms with Gasteiger partial charge in [-0.15, -0.1) is 0 Å². The van der Waals surface area contributed by atoms with E-state index >= 15 is 0 Å². The second kappa shape index (κ2) is 8.02. The van der Waals surface area contributed by atoms with Crippen LogP contribution in [0.3, 0.4) is 0 Å². The molecular weight excluding hydrogens is 368 g/mol. The molecule has 2 aromatic rings. The van der Waals surface area contributed by atoms with E-state index in [1.165, 1.54) is 0 Å². The summed E-state index contributed by atoms with van der Waals surface area (Å²) in [7, 11) is -0.431. The molecule has 0 aromatic heterocycles. The molecular formula is C19H24BrO2Si. The summed E-state index contributed by atoms with van der Waals surface area (Å²) in [6, 6.07) is 16.1. The van der Waals surface area contributed by atoms with Crippen LogP contribution >= 0.6 is 15.9 Å². The van der Waals surface area contributed by atoms with Crippen LogP contribution in [0, 0.1) is 0 Å². The first-order valence-electron chi connectivity index (χ1n) is 7.78. The number of ether oxygens (including phenoxy) is 2. The van der Waals surface area contributed by atoms with Gasteiger partial charge < -0.3 is 9.47 Å². The Balaban J connectivity index is 2.08. The van der Waals surface area contributed by atoms with Crippen LogP contribution in [-0.2, 0) is 6.61 Å². The molecule has 0 amide bonds. The average Bonchev–Trinajstić information content (AvgIpc) is 2.53. The lowest BCUT2D eigenvalue weighted by molar-refractivity contribution is 0.243. The Morgan fingerprint density at radius 2 is 1.65 bits per heavy atom. The molecule has 2 nitrogen and oxygen atoms in total. The fourth-order valence-corrected chi connectivity index (χ4v) is 2.55. The van der Waals surface area contributed by atoms with Crippen molar-refractivity contribution < 1.29 is 9.47 Å². The zero-order valence-electron chi connectivity index (χ0n) is 14.2. The fraction of sp³-hybridized carbons (Fsp3) is 0.368. The van der Waals surface area contributed by atoms with Crippen LogP contribution in [0.5, 0.6) is 11.5 Å². The number of halogens is 1. The minimum Gasteiger partial charge on any atom is -0.489 e. The van der Waals surface area contributed by atoms with E-state index in [4.69, 9.17) is 9.47 Å². The second-order valence-electron chi connectivity index (χ2n) is 6.54. The maximum absolute atomic E-state index is 6.09. The second-order valence-corrected chi connectivity index (χ2v) is 10.8. The standard InChI is InChI=1S/C19H24BrO2Si/c1-19(2,23(3)4)14-22-17-11-10-16(20)12-18(17)21-13-15-8-6-5-7-9-15/h5-12H,13-14H2,1-4H3. The monoisotopic (exact) mass is 391 g/mol. The molecule has 123 valence electrons. The van der Waals surface area contributed by atoms with Crippen molar-refractivity contribution in [3.05, 3.63) is 58.6 Å². The maximum atomic E-state index is 6.09. The van der Waals surface area contributed by atoms with E-state index < -0.39 is 8.80 Å². The Morgan fingerprint density at radius 1 is 0.957 bits per heavy atom. The highest BCUT2D eigenvalue weighted by molar-refractivity contribution is 9.10. The highest BCUT2D eigenvalue weighted by atomic mass is 79.9. The first-order chi connectivity index (χ1) is 10.9. The molecule has 0 fully saturated rings. The highest BCUT2D eigenvalue weighted by Crippen LogP contribution is 2.35. The van der Waals surface area contributed by atoms with Crippen LogP contribution < -0.4 is 9.47 Å². The van der Waals surface area contributed by atoms with Gasteiger partial charge in [-0.1, -0.05) is 73.2 Å². The Labute approximate surface area is 149 Å². The summed E-state index contributed by atoms with van der Waals surface area (Å²) in [6.45, 7) is 10.4. The SMILES string of the molecule is C[Si](C)C(C)(C)COc1ccc(Br)cc1OCc1ccccc1. The molecule has 2 rings (SSSR count). The van der Waals surface area contributed by atoms with E-state index in [1.54, 1.807) is 0 Å². The van der Waals surface area contributed by atoms with E-state index in [0.717, 1.165) is 21.5 Å². The molecule has 2 aromatic carbocycles. The van der Waals surface area contributed by atoms with E-state index in [0.29, 0.717) is 13.2 Å². The van der Waals surface area contributed by atoms with Crippen LogP contribution in [0.25, 0.3) is 0 Å². The molecule has 0 N–H and O–H groups in total. The molecule has 0 saturated heterocycles. The summed E-state index contributed by atoms with van der Waals surface area (Å²) in [5.41, 5.74) is 1.14. The predicted octanol–water partition coefficient (Wildman–Crippen LogP) is 5.94. The first-order valence-corrected chi connectivity index (χ1v) is 11.1. The van der Waals surface area contributed by atoms with Gasteiger partial charge in [0, 0.05) is 4.47 Å². The molecule has 0 atom stereocenters. The van der Waals surface area contributed by atoms with Gasteiger partial charge in [-0.2, -0.15) is 0 Å². The van der Waals surface area contributed by atoms with Crippen molar-refractivity contribution in [1.82, 2.24) is 0 Å². The van der Waals surface area contributed by atoms with Crippen molar-refractivity contribution in [3.63, 3.8) is 0 Å². The van der Waals surface area contributed by atoms with E-state index in [2.05, 4.69) is 55.0 Å². The minimum atomic E-state index is -0.431. The molecule has 0 saturated carbocycles. The third kappa shape index (κ3) is 5.39. The molecule has 0 aliphatic heterocycles. The van der Waals surface area contributed by atoms with Crippen LogP contribution in [0.15, 0.2) is 53.0 Å². The van der Waals surface area contributed by atoms with Gasteiger partial charge in [0.05, 0.1) is 15.4 Å². The summed E-state index contributed by atoms with van der Waals surface area (Å²) < 4.78 is 13.1. The van der Waals surface area contributed by atoms with Gasteiger partial charge in [0.15, 0.2) is 11.5 Å². The number of hydrogen-bond acceptors (Lipinski definition) is 2. The average molecular weight is 392 g/mol. The highest BCUT2D eigenvalue weighted by Gasteiger charge is 2.25. The zero-order valence-corrected chi connectivity index (χ0v) is 16.8. The third-order valence-corrected chi connectivity index (χ3v) is 7.43. The normalized spacial score (nSPS) is 11.6. The van der Waals surface area contributed by atoms with Crippen LogP contribution in [-0.4, -0.2) is 15.4 Å². The molecule has 0 aliphatic carbocycles. The maximum Gasteiger partial charge on any atom is 0.162 e. The van der Waals surface area contributed by atoms with Gasteiger partial charge in [-0.3, -0.25) is 0 Å². The van der Waals surface area contributed by atoms with Crippen molar-refractivity contribution in [2.75, 3.05) is 6.61 Å². The predicted molar refractivity (Wildman–Crippen MR) is 102 cm³/mol. The Kier molecular flexibility index (Phi) is 6.30. The first kappa shape index (κ1) is 18.1. The topological polar surface area (TPSA) is 18.5 Å². The molecule has 0 bridgehead atoms. The van der Waals surface area contributed by atoms with E-state index in [9.17, 15) is 0 Å². The van der Waals surface area contributed by atoms with Crippen molar-refractivity contribution in [2.24, 2.45) is 0 Å². The molecule has 0 heterocycles. The zero-order chi connectivity index (χ0) is 16.9. The number of benzene rings is 2. The fourth-order valence-electron chi connectivity index (χ4n) is 1.85. The van der Waals surface area contributed by atoms with Gasteiger partial charge in [0.2, 0.25) is 0 Å². The van der Waals surface area contributed by atoms with Gasteiger partial charge in [-0.05, 0) is 28.8 Å². The van der Waals surface area contributed by atoms with Crippen LogP contribution in [0.4, 0.5) is 0 Å². The van der Waals surface area contributed by atoms with Crippen molar-refractivity contribution in [3.8, 4) is 11.5 Å². The molecule has 0 spiro atoms. The third-order valence-electron chi connectivity index (χ3n) is 4.08. The summed E-state index contributed by atoms with van der Waals surface area (Å²) in [5, 5.41) is 0.217. The van der Waals surface area contributed by atoms with E-state index in [-0.39, 0.29) is 5.04 Å². The van der Waals surface area contributed by atoms with Gasteiger partial charge in [-0.25, -0.2) is 0 Å². The van der Waals surface area contributed by atoms with Crippen LogP contribution in [0.1, 0.15) is 19.4 Å². The van der Waals surface area contributed by atoms with Crippen molar-refractivity contribution in [2.45, 2.75) is 38.6 Å². The largest absolute Gasteiger partial charge is 0.489 e. The molecule has 0 unspecified atom stereocenters. The minimum absolute atomic E-state index is 0.217. The van der Waals surface area contributed by atoms with Gasteiger partial charge in [0.25, 0.3) is 0 Å². The van der Waals surface area contributed by atoms with Crippen LogP contribution in [0.2, 0.25) is 18.1 Å². The molecule has 1 radical (unpaired) electrons. The summed E-state index contributed by atoms with van der Waals surface area (Å²) in [5.74, 6) is 1.58. The van der Waals surface area contributed by atoms with Gasteiger partial charge >= 0.3 is 0 Å². The molecule has 0 aliphatic rings. The summed E-state index contributed by atoms with van der Waals surface area (Å²) in [6.07, 6.45) is 0. The Bertz CT molecular complexity index is 627. The quantitative estimate of drug-likeness (QED) is 0.543. The van der Waals surface area contributed by atoms with Gasteiger partial charge in [0.1, 0.15) is 6.61 Å². The van der Waals surface area contributed by atoms with Crippen molar-refractivity contribution in [1.29, 1.82) is 0 Å². The summed E-state index contributed by atoms with van der Waals surface area (Å²) in [4.78, 5) is 0. The lowest BCUT2D eigenvalue weighted by Gasteiger charge is -2.28. The van der Waals surface area contributed by atoms with Crippen molar-refractivity contribution >= 4 is 24.7 Å². The van der Waals surface area contributed by atoms with E-state index in [1.807, 2.05) is 36.4 Å².